The van der Waals surface area contributed by atoms with E-state index in [-0.39, 0.29) is 31.3 Å². The predicted octanol–water partition coefficient (Wildman–Crippen LogP) is 1.63. The van der Waals surface area contributed by atoms with Crippen LogP contribution in [0.15, 0.2) is 42.5 Å². The van der Waals surface area contributed by atoms with E-state index >= 15 is 0 Å². The van der Waals surface area contributed by atoms with Gasteiger partial charge in [0.2, 0.25) is 17.7 Å². The Kier molecular flexibility index (Phi) is 10.0. The lowest BCUT2D eigenvalue weighted by Crippen LogP contribution is -2.60. The van der Waals surface area contributed by atoms with Crippen LogP contribution in [0.1, 0.15) is 46.1 Å². The summed E-state index contributed by atoms with van der Waals surface area (Å²) in [5.74, 6) is -1.27. The number of hydrogen-bond donors (Lipinski definition) is 5. The summed E-state index contributed by atoms with van der Waals surface area (Å²) in [5, 5.41) is 20.1. The Morgan fingerprint density at radius 1 is 1.00 bits per heavy atom. The smallest absolute Gasteiger partial charge is 0.245 e. The normalized spacial score (nSPS) is 13.4. The zero-order chi connectivity index (χ0) is 25.3. The van der Waals surface area contributed by atoms with Gasteiger partial charge >= 0.3 is 0 Å². The van der Waals surface area contributed by atoms with Crippen molar-refractivity contribution in [2.24, 2.45) is 11.7 Å². The number of aliphatic hydroxyl groups excluding tert-OH is 1. The highest BCUT2D eigenvalue weighted by molar-refractivity contribution is 5.95. The molecule has 0 saturated heterocycles. The molecule has 0 aromatic heterocycles. The molecule has 2 aromatic carbocycles. The van der Waals surface area contributed by atoms with Crippen molar-refractivity contribution < 1.29 is 19.5 Å². The van der Waals surface area contributed by atoms with E-state index in [0.717, 1.165) is 16.3 Å². The summed E-state index contributed by atoms with van der Waals surface area (Å²) in [6.45, 7) is 7.09. The minimum atomic E-state index is -1.21. The fraction of sp³-hybridized carbons (Fsp3) is 0.500. The van der Waals surface area contributed by atoms with Crippen LogP contribution in [0.3, 0.4) is 0 Å². The fourth-order valence-electron chi connectivity index (χ4n) is 3.70. The van der Waals surface area contributed by atoms with Crippen molar-refractivity contribution in [1.82, 2.24) is 16.0 Å². The molecule has 2 atom stereocenters. The van der Waals surface area contributed by atoms with E-state index in [4.69, 9.17) is 5.73 Å². The average Bonchev–Trinajstić information content (AvgIpc) is 2.82. The number of carbonyl (C=O) groups excluding carboxylic acids is 3. The summed E-state index contributed by atoms with van der Waals surface area (Å²) >= 11 is 0. The molecule has 34 heavy (non-hydrogen) atoms. The van der Waals surface area contributed by atoms with Crippen LogP contribution in [-0.2, 0) is 20.8 Å². The van der Waals surface area contributed by atoms with Gasteiger partial charge in [-0.3, -0.25) is 14.4 Å². The second-order valence-corrected chi connectivity index (χ2v) is 9.17. The van der Waals surface area contributed by atoms with E-state index in [0.29, 0.717) is 12.8 Å². The van der Waals surface area contributed by atoms with Gasteiger partial charge in [0.15, 0.2) is 0 Å². The number of carbonyl (C=O) groups is 3. The first-order chi connectivity index (χ1) is 16.1. The minimum Gasteiger partial charge on any atom is -0.390 e. The van der Waals surface area contributed by atoms with E-state index in [1.807, 2.05) is 56.3 Å². The monoisotopic (exact) mass is 470 g/mol. The molecule has 0 aliphatic heterocycles. The number of hydrogen-bond acceptors (Lipinski definition) is 5. The number of rotatable bonds is 12. The van der Waals surface area contributed by atoms with Gasteiger partial charge < -0.3 is 26.8 Å². The summed E-state index contributed by atoms with van der Waals surface area (Å²) in [6.07, 6.45) is 0.724. The van der Waals surface area contributed by atoms with Crippen LogP contribution in [0, 0.1) is 5.92 Å². The molecule has 0 fully saturated rings. The maximum absolute atomic E-state index is 13.1. The third kappa shape index (κ3) is 7.53. The van der Waals surface area contributed by atoms with E-state index in [2.05, 4.69) is 16.0 Å². The molecule has 0 saturated carbocycles. The molecule has 0 radical (unpaired) electrons. The number of benzene rings is 2. The maximum Gasteiger partial charge on any atom is 0.245 e. The first kappa shape index (κ1) is 27.3. The van der Waals surface area contributed by atoms with Gasteiger partial charge in [-0.1, -0.05) is 56.3 Å². The van der Waals surface area contributed by atoms with Crippen molar-refractivity contribution >= 4 is 28.5 Å². The second-order valence-electron chi connectivity index (χ2n) is 9.17. The molecular formula is C26H38N4O4. The molecule has 1 unspecified atom stereocenters. The summed E-state index contributed by atoms with van der Waals surface area (Å²) in [7, 11) is 0. The van der Waals surface area contributed by atoms with Crippen LogP contribution in [0.2, 0.25) is 0 Å². The van der Waals surface area contributed by atoms with E-state index in [9.17, 15) is 19.5 Å². The van der Waals surface area contributed by atoms with Crippen LogP contribution in [0.4, 0.5) is 0 Å². The molecule has 3 amide bonds. The van der Waals surface area contributed by atoms with Crippen LogP contribution in [0.25, 0.3) is 10.8 Å². The first-order valence-corrected chi connectivity index (χ1v) is 11.9. The van der Waals surface area contributed by atoms with Crippen molar-refractivity contribution in [3.8, 4) is 0 Å². The van der Waals surface area contributed by atoms with Gasteiger partial charge in [-0.25, -0.2) is 0 Å². The van der Waals surface area contributed by atoms with Gasteiger partial charge in [-0.15, -0.1) is 0 Å². The van der Waals surface area contributed by atoms with Crippen LogP contribution >= 0.6 is 0 Å². The Hall–Kier alpha value is -2.97. The highest BCUT2D eigenvalue weighted by Gasteiger charge is 2.34. The van der Waals surface area contributed by atoms with Crippen molar-refractivity contribution in [2.75, 3.05) is 13.1 Å². The van der Waals surface area contributed by atoms with Gasteiger partial charge in [0, 0.05) is 25.4 Å². The molecule has 0 aliphatic carbocycles. The Morgan fingerprint density at radius 3 is 2.26 bits per heavy atom. The molecule has 2 aromatic rings. The number of nitrogens with two attached hydrogens (primary N) is 1. The standard InChI is InChI=1S/C26H38N4O4/c1-5-18(6-2)23(32)30-26(3,4)25(34)29-22(24(33)28-16-21(31)15-27)14-17-11-12-19-9-7-8-10-20(19)13-17/h7-13,18,21-22,31H,5-6,14-16,27H2,1-4H3,(H,28,33)(H,29,34)(H,30,32)/t21?,22-/m1/s1. The number of nitrogens with one attached hydrogen (secondary N) is 3. The van der Waals surface area contributed by atoms with Crippen LogP contribution in [0.5, 0.6) is 0 Å². The van der Waals surface area contributed by atoms with E-state index < -0.39 is 29.5 Å². The first-order valence-electron chi connectivity index (χ1n) is 11.9. The maximum atomic E-state index is 13.1. The third-order valence-corrected chi connectivity index (χ3v) is 6.02. The molecule has 8 nitrogen and oxygen atoms in total. The minimum absolute atomic E-state index is 0.0110. The van der Waals surface area contributed by atoms with Gasteiger partial charge in [-0.2, -0.15) is 0 Å². The lowest BCUT2D eigenvalue weighted by molar-refractivity contribution is -0.136. The van der Waals surface area contributed by atoms with Crippen molar-refractivity contribution in [1.29, 1.82) is 0 Å². The molecule has 8 heteroatoms. The Bertz CT molecular complexity index is 988. The third-order valence-electron chi connectivity index (χ3n) is 6.02. The highest BCUT2D eigenvalue weighted by atomic mass is 16.3. The quantitative estimate of drug-likeness (QED) is 0.322. The summed E-state index contributed by atoms with van der Waals surface area (Å²) < 4.78 is 0. The molecule has 0 heterocycles. The van der Waals surface area contributed by atoms with Gasteiger partial charge in [0.25, 0.3) is 0 Å². The summed E-state index contributed by atoms with van der Waals surface area (Å²) in [6, 6.07) is 12.9. The van der Waals surface area contributed by atoms with Gasteiger partial charge in [0.1, 0.15) is 11.6 Å². The van der Waals surface area contributed by atoms with Gasteiger partial charge in [0.05, 0.1) is 6.10 Å². The summed E-state index contributed by atoms with van der Waals surface area (Å²) in [5.41, 5.74) is 5.09. The molecule has 2 rings (SSSR count). The van der Waals surface area contributed by atoms with Gasteiger partial charge in [-0.05, 0) is 43.0 Å². The van der Waals surface area contributed by atoms with Crippen molar-refractivity contribution in [3.63, 3.8) is 0 Å². The van der Waals surface area contributed by atoms with E-state index in [1.54, 1.807) is 13.8 Å². The summed E-state index contributed by atoms with van der Waals surface area (Å²) in [4.78, 5) is 38.6. The van der Waals surface area contributed by atoms with Crippen LogP contribution < -0.4 is 21.7 Å². The largest absolute Gasteiger partial charge is 0.390 e. The molecule has 0 bridgehead atoms. The zero-order valence-corrected chi connectivity index (χ0v) is 20.6. The molecule has 6 N–H and O–H groups in total. The number of fused-ring (bicyclic) bond motifs is 1. The second kappa shape index (κ2) is 12.5. The average molecular weight is 471 g/mol. The molecular weight excluding hydrogens is 432 g/mol. The highest BCUT2D eigenvalue weighted by Crippen LogP contribution is 2.17. The molecule has 0 aliphatic rings. The predicted molar refractivity (Wildman–Crippen MR) is 134 cm³/mol. The van der Waals surface area contributed by atoms with Crippen LogP contribution in [-0.4, -0.2) is 53.6 Å². The fourth-order valence-corrected chi connectivity index (χ4v) is 3.70. The number of amides is 3. The van der Waals surface area contributed by atoms with Crippen molar-refractivity contribution in [3.05, 3.63) is 48.0 Å². The Morgan fingerprint density at radius 2 is 1.65 bits per heavy atom. The Labute approximate surface area is 201 Å². The van der Waals surface area contributed by atoms with E-state index in [1.165, 1.54) is 0 Å². The lowest BCUT2D eigenvalue weighted by Gasteiger charge is -2.29. The SMILES string of the molecule is CCC(CC)C(=O)NC(C)(C)C(=O)N[C@H](Cc1ccc2ccccc2c1)C(=O)NCC(O)CN. The lowest BCUT2D eigenvalue weighted by atomic mass is 9.97. The topological polar surface area (TPSA) is 134 Å². The molecule has 186 valence electrons. The van der Waals surface area contributed by atoms with Crippen molar-refractivity contribution in [2.45, 2.75) is 64.6 Å². The molecule has 0 spiro atoms. The number of aliphatic hydroxyl groups is 1. The Balaban J connectivity index is 2.21. The zero-order valence-electron chi connectivity index (χ0n) is 20.6.